The van der Waals surface area contributed by atoms with E-state index in [1.807, 2.05) is 37.3 Å². The van der Waals surface area contributed by atoms with Crippen LogP contribution in [0.15, 0.2) is 30.3 Å². The lowest BCUT2D eigenvalue weighted by Crippen LogP contribution is -2.44. The highest BCUT2D eigenvalue weighted by atomic mass is 16.2. The number of piperidine rings is 1. The Morgan fingerprint density at radius 2 is 2.12 bits per heavy atom. The van der Waals surface area contributed by atoms with Crippen LogP contribution in [0.4, 0.5) is 5.95 Å². The molecule has 0 aliphatic carbocycles. The zero-order chi connectivity index (χ0) is 17.1. The van der Waals surface area contributed by atoms with Gasteiger partial charge in [-0.3, -0.25) is 20.0 Å². The minimum atomic E-state index is -0.335. The summed E-state index contributed by atoms with van der Waals surface area (Å²) in [5.41, 5.74) is 0.956. The number of aromatic nitrogens is 3. The van der Waals surface area contributed by atoms with Gasteiger partial charge in [-0.25, -0.2) is 0 Å². The van der Waals surface area contributed by atoms with Gasteiger partial charge in [0.25, 0.3) is 0 Å². The number of amides is 2. The highest BCUT2D eigenvalue weighted by molar-refractivity contribution is 5.93. The molecule has 1 aliphatic rings. The number of anilines is 1. The van der Waals surface area contributed by atoms with Crippen LogP contribution < -0.4 is 5.32 Å². The smallest absolute Gasteiger partial charge is 0.248 e. The van der Waals surface area contributed by atoms with Crippen molar-refractivity contribution in [3.8, 4) is 0 Å². The predicted octanol–water partition coefficient (Wildman–Crippen LogP) is 1.92. The topological polar surface area (TPSA) is 91.0 Å². The number of carbonyl (C=O) groups is 2. The maximum absolute atomic E-state index is 12.8. The number of hydrogen-bond donors (Lipinski definition) is 2. The van der Waals surface area contributed by atoms with Gasteiger partial charge in [0, 0.05) is 19.9 Å². The van der Waals surface area contributed by atoms with Crippen LogP contribution in [0.3, 0.4) is 0 Å². The number of carbonyl (C=O) groups excluding carboxylic acids is 2. The molecule has 1 saturated heterocycles. The standard InChI is InChI=1S/C17H21N5O2/c1-3-13-18-17(21-20-13)19-16(24)12-9-10-14(23)22(2)15(12)11-7-5-4-6-8-11/h4-8,12,15H,3,9-10H2,1-2H3,(H2,18,19,20,21,24)/t12-,15-/m1/s1. The fourth-order valence-electron chi connectivity index (χ4n) is 3.13. The normalized spacial score (nSPS) is 20.9. The van der Waals surface area contributed by atoms with Crippen LogP contribution in [0.5, 0.6) is 0 Å². The number of rotatable bonds is 4. The van der Waals surface area contributed by atoms with Crippen molar-refractivity contribution in [3.63, 3.8) is 0 Å². The molecule has 126 valence electrons. The van der Waals surface area contributed by atoms with E-state index in [2.05, 4.69) is 20.5 Å². The average molecular weight is 327 g/mol. The fourth-order valence-corrected chi connectivity index (χ4v) is 3.13. The number of aromatic amines is 1. The molecule has 24 heavy (non-hydrogen) atoms. The van der Waals surface area contributed by atoms with E-state index >= 15 is 0 Å². The molecule has 2 heterocycles. The second-order valence-corrected chi connectivity index (χ2v) is 5.95. The molecule has 3 rings (SSSR count). The third-order valence-electron chi connectivity index (χ3n) is 4.44. The zero-order valence-electron chi connectivity index (χ0n) is 13.8. The Kier molecular flexibility index (Phi) is 4.59. The molecule has 7 heteroatoms. The molecule has 2 N–H and O–H groups in total. The SMILES string of the molecule is CCc1nc(NC(=O)[C@@H]2CCC(=O)N(C)[C@@H]2c2ccccc2)n[nH]1. The number of H-pyrrole nitrogens is 1. The second kappa shape index (κ2) is 6.82. The Balaban J connectivity index is 1.83. The van der Waals surface area contributed by atoms with Crippen LogP contribution >= 0.6 is 0 Å². The van der Waals surface area contributed by atoms with Gasteiger partial charge in [0.05, 0.1) is 12.0 Å². The summed E-state index contributed by atoms with van der Waals surface area (Å²) >= 11 is 0. The van der Waals surface area contributed by atoms with E-state index in [1.54, 1.807) is 11.9 Å². The molecule has 1 aliphatic heterocycles. The molecular formula is C17H21N5O2. The van der Waals surface area contributed by atoms with Crippen LogP contribution in [0.25, 0.3) is 0 Å². The van der Waals surface area contributed by atoms with E-state index < -0.39 is 0 Å². The highest BCUT2D eigenvalue weighted by Gasteiger charge is 2.39. The Morgan fingerprint density at radius 1 is 1.38 bits per heavy atom. The van der Waals surface area contributed by atoms with E-state index in [-0.39, 0.29) is 29.7 Å². The van der Waals surface area contributed by atoms with Crippen molar-refractivity contribution in [2.24, 2.45) is 5.92 Å². The lowest BCUT2D eigenvalue weighted by atomic mass is 9.84. The highest BCUT2D eigenvalue weighted by Crippen LogP contribution is 2.36. The molecule has 1 aromatic carbocycles. The Labute approximate surface area is 140 Å². The van der Waals surface area contributed by atoms with Gasteiger partial charge in [-0.15, -0.1) is 5.10 Å². The van der Waals surface area contributed by atoms with E-state index in [0.29, 0.717) is 12.8 Å². The van der Waals surface area contributed by atoms with Crippen molar-refractivity contribution in [1.29, 1.82) is 0 Å². The lowest BCUT2D eigenvalue weighted by molar-refractivity contribution is -0.140. The summed E-state index contributed by atoms with van der Waals surface area (Å²) in [6, 6.07) is 9.37. The number of nitrogens with one attached hydrogen (secondary N) is 2. The minimum Gasteiger partial charge on any atom is -0.338 e. The second-order valence-electron chi connectivity index (χ2n) is 5.95. The monoisotopic (exact) mass is 327 g/mol. The van der Waals surface area contributed by atoms with Crippen LogP contribution in [-0.4, -0.2) is 38.9 Å². The largest absolute Gasteiger partial charge is 0.338 e. The predicted molar refractivity (Wildman–Crippen MR) is 89.1 cm³/mol. The number of aryl methyl sites for hydroxylation is 1. The lowest BCUT2D eigenvalue weighted by Gasteiger charge is -2.38. The van der Waals surface area contributed by atoms with Gasteiger partial charge in [-0.05, 0) is 12.0 Å². The maximum Gasteiger partial charge on any atom is 0.248 e. The van der Waals surface area contributed by atoms with Gasteiger partial charge in [0.15, 0.2) is 0 Å². The molecule has 2 aromatic rings. The van der Waals surface area contributed by atoms with E-state index in [0.717, 1.165) is 17.8 Å². The minimum absolute atomic E-state index is 0.0547. The molecule has 2 amide bonds. The first kappa shape index (κ1) is 16.2. The first-order valence-corrected chi connectivity index (χ1v) is 8.13. The van der Waals surface area contributed by atoms with Crippen LogP contribution in [0.1, 0.15) is 37.2 Å². The first-order chi connectivity index (χ1) is 11.6. The quantitative estimate of drug-likeness (QED) is 0.897. The third kappa shape index (κ3) is 3.15. The summed E-state index contributed by atoms with van der Waals surface area (Å²) in [6.45, 7) is 1.96. The van der Waals surface area contributed by atoms with Crippen LogP contribution in [0, 0.1) is 5.92 Å². The van der Waals surface area contributed by atoms with Gasteiger partial charge in [0.2, 0.25) is 17.8 Å². The molecule has 0 saturated carbocycles. The van der Waals surface area contributed by atoms with E-state index in [4.69, 9.17) is 0 Å². The molecule has 1 fully saturated rings. The molecular weight excluding hydrogens is 306 g/mol. The van der Waals surface area contributed by atoms with Crippen molar-refractivity contribution < 1.29 is 9.59 Å². The fraction of sp³-hybridized carbons (Fsp3) is 0.412. The summed E-state index contributed by atoms with van der Waals surface area (Å²) in [4.78, 5) is 30.8. The number of nitrogens with zero attached hydrogens (tertiary/aromatic N) is 3. The van der Waals surface area contributed by atoms with Gasteiger partial charge in [-0.2, -0.15) is 4.98 Å². The van der Waals surface area contributed by atoms with Gasteiger partial charge in [0.1, 0.15) is 5.82 Å². The van der Waals surface area contributed by atoms with Crippen molar-refractivity contribution >= 4 is 17.8 Å². The molecule has 1 aromatic heterocycles. The third-order valence-corrected chi connectivity index (χ3v) is 4.44. The average Bonchev–Trinajstić information content (AvgIpc) is 3.05. The first-order valence-electron chi connectivity index (χ1n) is 8.13. The summed E-state index contributed by atoms with van der Waals surface area (Å²) in [5, 5.41) is 9.56. The molecule has 0 spiro atoms. The van der Waals surface area contributed by atoms with Crippen molar-refractivity contribution in [2.75, 3.05) is 12.4 Å². The summed E-state index contributed by atoms with van der Waals surface area (Å²) in [7, 11) is 1.75. The molecule has 0 radical (unpaired) electrons. The van der Waals surface area contributed by atoms with Crippen molar-refractivity contribution in [2.45, 2.75) is 32.2 Å². The molecule has 0 unspecified atom stereocenters. The van der Waals surface area contributed by atoms with Crippen molar-refractivity contribution in [1.82, 2.24) is 20.1 Å². The Morgan fingerprint density at radius 3 is 2.79 bits per heavy atom. The van der Waals surface area contributed by atoms with Crippen molar-refractivity contribution in [3.05, 3.63) is 41.7 Å². The number of benzene rings is 1. The zero-order valence-corrected chi connectivity index (χ0v) is 13.8. The number of likely N-dealkylation sites (tertiary alicyclic amines) is 1. The molecule has 7 nitrogen and oxygen atoms in total. The number of hydrogen-bond acceptors (Lipinski definition) is 4. The van der Waals surface area contributed by atoms with Crippen LogP contribution in [0.2, 0.25) is 0 Å². The van der Waals surface area contributed by atoms with Gasteiger partial charge >= 0.3 is 0 Å². The summed E-state index contributed by atoms with van der Waals surface area (Å²) in [6.07, 6.45) is 1.60. The van der Waals surface area contributed by atoms with E-state index in [1.165, 1.54) is 0 Å². The van der Waals surface area contributed by atoms with Crippen LogP contribution in [-0.2, 0) is 16.0 Å². The Hall–Kier alpha value is -2.70. The van der Waals surface area contributed by atoms with E-state index in [9.17, 15) is 9.59 Å². The summed E-state index contributed by atoms with van der Waals surface area (Å²) < 4.78 is 0. The molecule has 0 bridgehead atoms. The Bertz CT molecular complexity index is 728. The van der Waals surface area contributed by atoms with Gasteiger partial charge < -0.3 is 4.90 Å². The maximum atomic E-state index is 12.8. The molecule has 2 atom stereocenters. The summed E-state index contributed by atoms with van der Waals surface area (Å²) in [5.74, 6) is 0.562. The van der Waals surface area contributed by atoms with Gasteiger partial charge in [-0.1, -0.05) is 37.3 Å².